The summed E-state index contributed by atoms with van der Waals surface area (Å²) in [6.45, 7) is 8.76. The molecule has 2 aromatic rings. The summed E-state index contributed by atoms with van der Waals surface area (Å²) in [5, 5.41) is 7.20. The summed E-state index contributed by atoms with van der Waals surface area (Å²) < 4.78 is 0. The summed E-state index contributed by atoms with van der Waals surface area (Å²) in [6, 6.07) is 16.6. The SMILES string of the molecule is CCc1cccc(NC(=S)Nc2ccccc2C(C)(C)C)c1. The molecule has 22 heavy (non-hydrogen) atoms. The fourth-order valence-electron chi connectivity index (χ4n) is 2.40. The van der Waals surface area contributed by atoms with Crippen molar-refractivity contribution in [2.24, 2.45) is 0 Å². The maximum atomic E-state index is 5.46. The van der Waals surface area contributed by atoms with E-state index in [0.29, 0.717) is 5.11 Å². The van der Waals surface area contributed by atoms with Gasteiger partial charge in [0.15, 0.2) is 5.11 Å². The standard InChI is InChI=1S/C19H24N2S/c1-5-14-9-8-10-15(13-14)20-18(22)21-17-12-7-6-11-16(17)19(2,3)4/h6-13H,5H2,1-4H3,(H2,20,21,22). The molecule has 0 saturated carbocycles. The first-order valence-electron chi connectivity index (χ1n) is 7.66. The molecule has 116 valence electrons. The van der Waals surface area contributed by atoms with Crippen LogP contribution in [0.5, 0.6) is 0 Å². The van der Waals surface area contributed by atoms with Gasteiger partial charge in [0, 0.05) is 11.4 Å². The highest BCUT2D eigenvalue weighted by Gasteiger charge is 2.17. The van der Waals surface area contributed by atoms with Gasteiger partial charge in [-0.15, -0.1) is 0 Å². The Kier molecular flexibility index (Phi) is 5.19. The van der Waals surface area contributed by atoms with E-state index >= 15 is 0 Å². The van der Waals surface area contributed by atoms with Crippen LogP contribution in [0.4, 0.5) is 11.4 Å². The van der Waals surface area contributed by atoms with Crippen LogP contribution >= 0.6 is 12.2 Å². The first kappa shape index (κ1) is 16.5. The van der Waals surface area contributed by atoms with Gasteiger partial charge in [-0.05, 0) is 53.4 Å². The van der Waals surface area contributed by atoms with Crippen molar-refractivity contribution >= 4 is 28.7 Å². The van der Waals surface area contributed by atoms with Crippen LogP contribution in [0.2, 0.25) is 0 Å². The van der Waals surface area contributed by atoms with E-state index in [1.807, 2.05) is 18.2 Å². The summed E-state index contributed by atoms with van der Waals surface area (Å²) >= 11 is 5.46. The van der Waals surface area contributed by atoms with Gasteiger partial charge >= 0.3 is 0 Å². The normalized spacial score (nSPS) is 11.1. The van der Waals surface area contributed by atoms with Gasteiger partial charge in [0.25, 0.3) is 0 Å². The maximum Gasteiger partial charge on any atom is 0.175 e. The summed E-state index contributed by atoms with van der Waals surface area (Å²) in [5.41, 5.74) is 4.69. The van der Waals surface area contributed by atoms with Crippen LogP contribution in [0.15, 0.2) is 48.5 Å². The second-order valence-electron chi connectivity index (χ2n) is 6.43. The minimum Gasteiger partial charge on any atom is -0.332 e. The van der Waals surface area contributed by atoms with Crippen molar-refractivity contribution < 1.29 is 0 Å². The molecule has 2 aromatic carbocycles. The molecule has 3 heteroatoms. The Morgan fingerprint density at radius 2 is 1.73 bits per heavy atom. The number of para-hydroxylation sites is 1. The van der Waals surface area contributed by atoms with E-state index in [0.717, 1.165) is 17.8 Å². The highest BCUT2D eigenvalue weighted by molar-refractivity contribution is 7.80. The Morgan fingerprint density at radius 3 is 2.41 bits per heavy atom. The molecule has 0 aliphatic heterocycles. The first-order chi connectivity index (χ1) is 10.4. The number of hydrogen-bond donors (Lipinski definition) is 2. The van der Waals surface area contributed by atoms with Crippen molar-refractivity contribution in [2.75, 3.05) is 10.6 Å². The van der Waals surface area contributed by atoms with E-state index in [1.165, 1.54) is 11.1 Å². The van der Waals surface area contributed by atoms with Gasteiger partial charge in [0.1, 0.15) is 0 Å². The molecule has 2 N–H and O–H groups in total. The van der Waals surface area contributed by atoms with Gasteiger partial charge in [-0.25, -0.2) is 0 Å². The van der Waals surface area contributed by atoms with Crippen molar-refractivity contribution in [3.63, 3.8) is 0 Å². The van der Waals surface area contributed by atoms with Crippen molar-refractivity contribution in [3.8, 4) is 0 Å². The number of rotatable bonds is 3. The average molecular weight is 312 g/mol. The lowest BCUT2D eigenvalue weighted by Gasteiger charge is -2.23. The molecule has 2 nitrogen and oxygen atoms in total. The number of hydrogen-bond acceptors (Lipinski definition) is 1. The van der Waals surface area contributed by atoms with Crippen molar-refractivity contribution in [3.05, 3.63) is 59.7 Å². The van der Waals surface area contributed by atoms with E-state index in [9.17, 15) is 0 Å². The van der Waals surface area contributed by atoms with Crippen LogP contribution in [0, 0.1) is 0 Å². The largest absolute Gasteiger partial charge is 0.332 e. The molecular weight excluding hydrogens is 288 g/mol. The number of benzene rings is 2. The van der Waals surface area contributed by atoms with Crippen molar-refractivity contribution in [2.45, 2.75) is 39.5 Å². The van der Waals surface area contributed by atoms with Gasteiger partial charge in [0.2, 0.25) is 0 Å². The molecule has 0 heterocycles. The zero-order valence-corrected chi connectivity index (χ0v) is 14.6. The highest BCUT2D eigenvalue weighted by Crippen LogP contribution is 2.29. The Morgan fingerprint density at radius 1 is 1.00 bits per heavy atom. The van der Waals surface area contributed by atoms with Crippen molar-refractivity contribution in [1.29, 1.82) is 0 Å². The lowest BCUT2D eigenvalue weighted by Crippen LogP contribution is -2.22. The topological polar surface area (TPSA) is 24.1 Å². The second kappa shape index (κ2) is 6.93. The first-order valence-corrected chi connectivity index (χ1v) is 8.07. The minimum atomic E-state index is 0.0708. The van der Waals surface area contributed by atoms with E-state index < -0.39 is 0 Å². The predicted octanol–water partition coefficient (Wildman–Crippen LogP) is 5.36. The van der Waals surface area contributed by atoms with Crippen LogP contribution in [0.1, 0.15) is 38.8 Å². The van der Waals surface area contributed by atoms with Crippen LogP contribution in [-0.2, 0) is 11.8 Å². The molecular formula is C19H24N2S. The fraction of sp³-hybridized carbons (Fsp3) is 0.316. The Balaban J connectivity index is 2.13. The molecule has 0 spiro atoms. The molecule has 0 bridgehead atoms. The van der Waals surface area contributed by atoms with E-state index in [-0.39, 0.29) is 5.41 Å². The van der Waals surface area contributed by atoms with E-state index in [2.05, 4.69) is 68.7 Å². The number of thiocarbonyl (C=S) groups is 1. The molecule has 0 atom stereocenters. The van der Waals surface area contributed by atoms with Crippen LogP contribution in [0.3, 0.4) is 0 Å². The lowest BCUT2D eigenvalue weighted by molar-refractivity contribution is 0.592. The molecule has 0 aliphatic carbocycles. The Labute approximate surface area is 139 Å². The van der Waals surface area contributed by atoms with Gasteiger partial charge in [-0.1, -0.05) is 58.0 Å². The number of anilines is 2. The molecule has 2 rings (SSSR count). The zero-order valence-electron chi connectivity index (χ0n) is 13.7. The molecule has 0 fully saturated rings. The lowest BCUT2D eigenvalue weighted by atomic mass is 9.86. The summed E-state index contributed by atoms with van der Waals surface area (Å²) in [7, 11) is 0. The van der Waals surface area contributed by atoms with Gasteiger partial charge in [-0.3, -0.25) is 0 Å². The molecule has 0 saturated heterocycles. The zero-order chi connectivity index (χ0) is 16.2. The van der Waals surface area contributed by atoms with E-state index in [4.69, 9.17) is 12.2 Å². The van der Waals surface area contributed by atoms with Crippen LogP contribution < -0.4 is 10.6 Å². The summed E-state index contributed by atoms with van der Waals surface area (Å²) in [6.07, 6.45) is 1.02. The van der Waals surface area contributed by atoms with Crippen LogP contribution in [0.25, 0.3) is 0 Å². The summed E-state index contributed by atoms with van der Waals surface area (Å²) in [4.78, 5) is 0. The molecule has 0 aromatic heterocycles. The minimum absolute atomic E-state index is 0.0708. The van der Waals surface area contributed by atoms with Crippen molar-refractivity contribution in [1.82, 2.24) is 0 Å². The third-order valence-electron chi connectivity index (χ3n) is 3.58. The van der Waals surface area contributed by atoms with Gasteiger partial charge in [0.05, 0.1) is 0 Å². The fourth-order valence-corrected chi connectivity index (χ4v) is 2.63. The second-order valence-corrected chi connectivity index (χ2v) is 6.84. The van der Waals surface area contributed by atoms with Gasteiger partial charge < -0.3 is 10.6 Å². The quantitative estimate of drug-likeness (QED) is 0.747. The number of nitrogens with one attached hydrogen (secondary N) is 2. The molecule has 0 radical (unpaired) electrons. The number of aryl methyl sites for hydroxylation is 1. The van der Waals surface area contributed by atoms with Gasteiger partial charge in [-0.2, -0.15) is 0 Å². The van der Waals surface area contributed by atoms with E-state index in [1.54, 1.807) is 0 Å². The maximum absolute atomic E-state index is 5.46. The monoisotopic (exact) mass is 312 g/mol. The highest BCUT2D eigenvalue weighted by atomic mass is 32.1. The van der Waals surface area contributed by atoms with Crippen LogP contribution in [-0.4, -0.2) is 5.11 Å². The third-order valence-corrected chi connectivity index (χ3v) is 3.78. The molecule has 0 amide bonds. The smallest absolute Gasteiger partial charge is 0.175 e. The predicted molar refractivity (Wildman–Crippen MR) is 101 cm³/mol. The Bertz CT molecular complexity index is 656. The molecule has 0 unspecified atom stereocenters. The third kappa shape index (κ3) is 4.31. The average Bonchev–Trinajstić information content (AvgIpc) is 2.46. The summed E-state index contributed by atoms with van der Waals surface area (Å²) in [5.74, 6) is 0. The Hall–Kier alpha value is -1.87. The molecule has 0 aliphatic rings.